The van der Waals surface area contributed by atoms with Crippen LogP contribution in [0.1, 0.15) is 27.8 Å². The fourth-order valence-corrected chi connectivity index (χ4v) is 2.49. The van der Waals surface area contributed by atoms with Gasteiger partial charge >= 0.3 is 0 Å². The summed E-state index contributed by atoms with van der Waals surface area (Å²) >= 11 is 3.57. The second-order valence-corrected chi connectivity index (χ2v) is 6.03. The van der Waals surface area contributed by atoms with Crippen molar-refractivity contribution >= 4 is 21.6 Å². The van der Waals surface area contributed by atoms with Crippen molar-refractivity contribution in [1.82, 2.24) is 0 Å². The summed E-state index contributed by atoms with van der Waals surface area (Å²) in [4.78, 5) is 0. The summed E-state index contributed by atoms with van der Waals surface area (Å²) in [6, 6.07) is 10.9. The molecule has 0 spiro atoms. The molecule has 2 aromatic carbocycles. The third-order valence-corrected chi connectivity index (χ3v) is 4.46. The van der Waals surface area contributed by atoms with Gasteiger partial charge in [0.25, 0.3) is 0 Å². The van der Waals surface area contributed by atoms with Gasteiger partial charge in [-0.25, -0.2) is 0 Å². The zero-order valence-electron chi connectivity index (χ0n) is 12.0. The molecule has 0 saturated heterocycles. The molecule has 0 aliphatic carbocycles. The van der Waals surface area contributed by atoms with Gasteiger partial charge in [0.2, 0.25) is 0 Å². The molecule has 0 radical (unpaired) electrons. The molecule has 0 heterocycles. The van der Waals surface area contributed by atoms with Crippen molar-refractivity contribution < 1.29 is 0 Å². The molecule has 0 aliphatic heterocycles. The largest absolute Gasteiger partial charge is 0.381 e. The Kier molecular flexibility index (Phi) is 4.31. The lowest BCUT2D eigenvalue weighted by Crippen LogP contribution is -2.02. The number of rotatable bonds is 3. The van der Waals surface area contributed by atoms with Gasteiger partial charge in [0.1, 0.15) is 0 Å². The first kappa shape index (κ1) is 14.1. The lowest BCUT2D eigenvalue weighted by Gasteiger charge is -2.12. The molecule has 1 nitrogen and oxygen atoms in total. The molecule has 0 atom stereocenters. The zero-order chi connectivity index (χ0) is 14.0. The second-order valence-electron chi connectivity index (χ2n) is 5.18. The molecular formula is C17H20BrN. The standard InChI is InChI=1S/C17H20BrN/c1-11-5-6-16(9-17(11)18)19-10-15-8-13(3)12(2)7-14(15)4/h5-9,19H,10H2,1-4H3. The van der Waals surface area contributed by atoms with Gasteiger partial charge in [0, 0.05) is 16.7 Å². The Morgan fingerprint density at radius 1 is 0.842 bits per heavy atom. The van der Waals surface area contributed by atoms with E-state index < -0.39 is 0 Å². The summed E-state index contributed by atoms with van der Waals surface area (Å²) in [6.07, 6.45) is 0. The van der Waals surface area contributed by atoms with Crippen LogP contribution in [-0.2, 0) is 6.54 Å². The van der Waals surface area contributed by atoms with E-state index in [0.717, 1.165) is 16.7 Å². The monoisotopic (exact) mass is 317 g/mol. The van der Waals surface area contributed by atoms with Crippen LogP contribution in [0.3, 0.4) is 0 Å². The zero-order valence-corrected chi connectivity index (χ0v) is 13.6. The summed E-state index contributed by atoms with van der Waals surface area (Å²) in [7, 11) is 0. The van der Waals surface area contributed by atoms with Crippen LogP contribution in [0.4, 0.5) is 5.69 Å². The molecule has 0 saturated carbocycles. The molecule has 2 heteroatoms. The lowest BCUT2D eigenvalue weighted by atomic mass is 10.0. The molecule has 2 rings (SSSR count). The van der Waals surface area contributed by atoms with Crippen LogP contribution >= 0.6 is 15.9 Å². The first-order valence-corrected chi connectivity index (χ1v) is 7.33. The number of benzene rings is 2. The molecule has 0 amide bonds. The fraction of sp³-hybridized carbons (Fsp3) is 0.294. The Morgan fingerprint density at radius 3 is 2.21 bits per heavy atom. The first-order valence-electron chi connectivity index (χ1n) is 6.54. The highest BCUT2D eigenvalue weighted by Gasteiger charge is 2.03. The summed E-state index contributed by atoms with van der Waals surface area (Å²) < 4.78 is 1.15. The Hall–Kier alpha value is -1.28. The average Bonchev–Trinajstić information content (AvgIpc) is 2.36. The predicted octanol–water partition coefficient (Wildman–Crippen LogP) is 5.29. The van der Waals surface area contributed by atoms with Gasteiger partial charge in [-0.05, 0) is 67.6 Å². The number of anilines is 1. The Morgan fingerprint density at radius 2 is 1.53 bits per heavy atom. The van der Waals surface area contributed by atoms with Crippen molar-refractivity contribution in [3.8, 4) is 0 Å². The quantitative estimate of drug-likeness (QED) is 0.810. The van der Waals surface area contributed by atoms with Gasteiger partial charge in [0.15, 0.2) is 0 Å². The van der Waals surface area contributed by atoms with E-state index in [-0.39, 0.29) is 0 Å². The predicted molar refractivity (Wildman–Crippen MR) is 86.9 cm³/mol. The van der Waals surface area contributed by atoms with Crippen LogP contribution in [0, 0.1) is 27.7 Å². The van der Waals surface area contributed by atoms with Crippen molar-refractivity contribution in [2.75, 3.05) is 5.32 Å². The SMILES string of the molecule is Cc1cc(C)c(CNc2ccc(C)c(Br)c2)cc1C. The van der Waals surface area contributed by atoms with Crippen LogP contribution < -0.4 is 5.32 Å². The van der Waals surface area contributed by atoms with Gasteiger partial charge in [-0.15, -0.1) is 0 Å². The Balaban J connectivity index is 2.14. The highest BCUT2D eigenvalue weighted by atomic mass is 79.9. The number of nitrogens with one attached hydrogen (secondary N) is 1. The molecule has 100 valence electrons. The minimum Gasteiger partial charge on any atom is -0.381 e. The van der Waals surface area contributed by atoms with E-state index in [1.165, 1.54) is 27.8 Å². The Bertz CT molecular complexity index is 602. The Labute approximate surface area is 124 Å². The number of hydrogen-bond acceptors (Lipinski definition) is 1. The van der Waals surface area contributed by atoms with Crippen LogP contribution in [0.5, 0.6) is 0 Å². The molecule has 0 fully saturated rings. The number of hydrogen-bond donors (Lipinski definition) is 1. The minimum absolute atomic E-state index is 0.864. The molecular weight excluding hydrogens is 298 g/mol. The van der Waals surface area contributed by atoms with Crippen LogP contribution in [0.25, 0.3) is 0 Å². The van der Waals surface area contributed by atoms with Crippen molar-refractivity contribution in [2.45, 2.75) is 34.2 Å². The van der Waals surface area contributed by atoms with E-state index in [1.807, 2.05) is 0 Å². The van der Waals surface area contributed by atoms with E-state index in [9.17, 15) is 0 Å². The van der Waals surface area contributed by atoms with E-state index in [1.54, 1.807) is 0 Å². The normalized spacial score (nSPS) is 10.6. The first-order chi connectivity index (χ1) is 8.97. The van der Waals surface area contributed by atoms with Crippen molar-refractivity contribution in [2.24, 2.45) is 0 Å². The van der Waals surface area contributed by atoms with E-state index in [2.05, 4.69) is 79.3 Å². The van der Waals surface area contributed by atoms with Crippen molar-refractivity contribution in [3.63, 3.8) is 0 Å². The summed E-state index contributed by atoms with van der Waals surface area (Å²) in [5, 5.41) is 3.49. The van der Waals surface area contributed by atoms with Crippen molar-refractivity contribution in [3.05, 3.63) is 62.6 Å². The van der Waals surface area contributed by atoms with Crippen LogP contribution in [0.15, 0.2) is 34.8 Å². The maximum atomic E-state index is 3.57. The van der Waals surface area contributed by atoms with Gasteiger partial charge in [-0.1, -0.05) is 34.1 Å². The summed E-state index contributed by atoms with van der Waals surface area (Å²) in [5.41, 5.74) is 7.83. The smallest absolute Gasteiger partial charge is 0.0403 e. The van der Waals surface area contributed by atoms with Crippen LogP contribution in [0.2, 0.25) is 0 Å². The van der Waals surface area contributed by atoms with Gasteiger partial charge in [-0.2, -0.15) is 0 Å². The lowest BCUT2D eigenvalue weighted by molar-refractivity contribution is 1.10. The molecule has 0 bridgehead atoms. The summed E-state index contributed by atoms with van der Waals surface area (Å²) in [6.45, 7) is 9.47. The van der Waals surface area contributed by atoms with Gasteiger partial charge in [-0.3, -0.25) is 0 Å². The van der Waals surface area contributed by atoms with E-state index in [4.69, 9.17) is 0 Å². The molecule has 2 aromatic rings. The fourth-order valence-electron chi connectivity index (χ4n) is 2.11. The van der Waals surface area contributed by atoms with Crippen molar-refractivity contribution in [1.29, 1.82) is 0 Å². The third kappa shape index (κ3) is 3.38. The van der Waals surface area contributed by atoms with Crippen LogP contribution in [-0.4, -0.2) is 0 Å². The number of halogens is 1. The minimum atomic E-state index is 0.864. The summed E-state index contributed by atoms with van der Waals surface area (Å²) in [5.74, 6) is 0. The van der Waals surface area contributed by atoms with Gasteiger partial charge in [0.05, 0.1) is 0 Å². The molecule has 1 N–H and O–H groups in total. The van der Waals surface area contributed by atoms with Gasteiger partial charge < -0.3 is 5.32 Å². The third-order valence-electron chi connectivity index (χ3n) is 3.61. The maximum Gasteiger partial charge on any atom is 0.0403 e. The highest BCUT2D eigenvalue weighted by molar-refractivity contribution is 9.10. The highest BCUT2D eigenvalue weighted by Crippen LogP contribution is 2.22. The topological polar surface area (TPSA) is 12.0 Å². The molecule has 0 aromatic heterocycles. The van der Waals surface area contributed by atoms with E-state index in [0.29, 0.717) is 0 Å². The molecule has 0 unspecified atom stereocenters. The second kappa shape index (κ2) is 5.79. The molecule has 0 aliphatic rings. The molecule has 19 heavy (non-hydrogen) atoms. The number of aryl methyl sites for hydroxylation is 4. The average molecular weight is 318 g/mol. The van der Waals surface area contributed by atoms with E-state index >= 15 is 0 Å². The maximum absolute atomic E-state index is 3.57.